The van der Waals surface area contributed by atoms with E-state index in [2.05, 4.69) is 39.6 Å². The number of nitrogens with zero attached hydrogens (tertiary/aromatic N) is 3. The molecule has 0 spiro atoms. The van der Waals surface area contributed by atoms with Crippen LogP contribution >= 0.6 is 11.3 Å². The number of carbonyl (C=O) groups is 1. The van der Waals surface area contributed by atoms with Crippen LogP contribution in [0.2, 0.25) is 0 Å². The Balaban J connectivity index is 1.24. The third-order valence-electron chi connectivity index (χ3n) is 6.62. The molecule has 3 heterocycles. The smallest absolute Gasteiger partial charge is 0.295 e. The number of amides is 1. The van der Waals surface area contributed by atoms with Gasteiger partial charge in [0.15, 0.2) is 0 Å². The van der Waals surface area contributed by atoms with Crippen molar-refractivity contribution < 1.29 is 28.1 Å². The van der Waals surface area contributed by atoms with E-state index in [1.54, 1.807) is 25.1 Å². The van der Waals surface area contributed by atoms with Crippen LogP contribution in [0.1, 0.15) is 29.4 Å². The van der Waals surface area contributed by atoms with Crippen molar-refractivity contribution >= 4 is 22.4 Å². The number of hydrogen-bond donors (Lipinski definition) is 1. The second-order valence-corrected chi connectivity index (χ2v) is 10.4. The van der Waals surface area contributed by atoms with E-state index in [4.69, 9.17) is 18.9 Å². The van der Waals surface area contributed by atoms with Crippen LogP contribution < -0.4 is 14.8 Å². The van der Waals surface area contributed by atoms with Crippen molar-refractivity contribution in [1.82, 2.24) is 15.2 Å². The molecule has 1 fully saturated rings. The molecule has 2 aliphatic rings. The van der Waals surface area contributed by atoms with Crippen LogP contribution in [0, 0.1) is 24.6 Å². The van der Waals surface area contributed by atoms with Crippen molar-refractivity contribution in [3.8, 4) is 22.1 Å². The molecule has 9 nitrogen and oxygen atoms in total. The molecule has 2 unspecified atom stereocenters. The zero-order valence-electron chi connectivity index (χ0n) is 21.8. The lowest BCUT2D eigenvalue weighted by molar-refractivity contribution is -0.105. The molecule has 2 atom stereocenters. The average molecular weight is 553 g/mol. The minimum absolute atomic E-state index is 0.125. The standard InChI is InChI=1S/C28H29FN4O5S/c1-16-7-9-19(38-20-14-36-15-20)10-8-18(16)13-37-28-33-32-27(39-28)31-26(34)22-12-30-17(2)11-21(22)25-23(29)5-4-6-24(25)35-3/h4-6,8-12,16,18,20H,7,13-15H2,1-3H3,(H,31,32,34). The molecule has 2 aromatic heterocycles. The first-order valence-corrected chi connectivity index (χ1v) is 13.4. The van der Waals surface area contributed by atoms with Crippen molar-refractivity contribution in [3.05, 3.63) is 71.5 Å². The molecule has 1 aromatic carbocycles. The van der Waals surface area contributed by atoms with Crippen LogP contribution in [-0.2, 0) is 9.47 Å². The SMILES string of the molecule is COc1cccc(F)c1-c1cc(C)ncc1C(=O)Nc1nnc(OCC2C=CC(OC3COC3)=CCC2C)s1. The highest BCUT2D eigenvalue weighted by atomic mass is 32.1. The Morgan fingerprint density at radius 3 is 2.90 bits per heavy atom. The summed E-state index contributed by atoms with van der Waals surface area (Å²) in [5.74, 6) is 0.661. The number of carbonyl (C=O) groups excluding carboxylic acids is 1. The van der Waals surface area contributed by atoms with Gasteiger partial charge in [0.2, 0.25) is 5.13 Å². The molecular formula is C28H29FN4O5S. The van der Waals surface area contributed by atoms with E-state index in [-0.39, 0.29) is 28.3 Å². The summed E-state index contributed by atoms with van der Waals surface area (Å²) < 4.78 is 37.2. The van der Waals surface area contributed by atoms with Crippen LogP contribution in [0.4, 0.5) is 9.52 Å². The summed E-state index contributed by atoms with van der Waals surface area (Å²) in [6.07, 6.45) is 8.58. The van der Waals surface area contributed by atoms with Crippen molar-refractivity contribution in [2.45, 2.75) is 26.4 Å². The monoisotopic (exact) mass is 552 g/mol. The average Bonchev–Trinajstić information content (AvgIpc) is 3.26. The highest BCUT2D eigenvalue weighted by molar-refractivity contribution is 7.17. The summed E-state index contributed by atoms with van der Waals surface area (Å²) in [6.45, 7) is 5.59. The summed E-state index contributed by atoms with van der Waals surface area (Å²) in [4.78, 5) is 17.4. The first-order valence-electron chi connectivity index (χ1n) is 12.6. The van der Waals surface area contributed by atoms with Gasteiger partial charge in [-0.1, -0.05) is 24.2 Å². The third kappa shape index (κ3) is 6.26. The largest absolute Gasteiger partial charge is 0.496 e. The van der Waals surface area contributed by atoms with E-state index in [1.807, 2.05) is 6.08 Å². The molecule has 0 saturated carbocycles. The highest BCUT2D eigenvalue weighted by Gasteiger charge is 2.24. The van der Waals surface area contributed by atoms with Crippen LogP contribution in [-0.4, -0.2) is 54.1 Å². The van der Waals surface area contributed by atoms with Gasteiger partial charge in [0.25, 0.3) is 11.1 Å². The molecule has 1 amide bonds. The van der Waals surface area contributed by atoms with E-state index >= 15 is 0 Å². The number of allylic oxidation sites excluding steroid dienone is 2. The summed E-state index contributed by atoms with van der Waals surface area (Å²) in [5.41, 5.74) is 1.36. The molecule has 39 heavy (non-hydrogen) atoms. The lowest BCUT2D eigenvalue weighted by atomic mass is 9.93. The van der Waals surface area contributed by atoms with Crippen molar-refractivity contribution in [3.63, 3.8) is 0 Å². The molecule has 204 valence electrons. The van der Waals surface area contributed by atoms with Crippen molar-refractivity contribution in [2.24, 2.45) is 11.8 Å². The van der Waals surface area contributed by atoms with Gasteiger partial charge in [0.05, 0.1) is 38.1 Å². The van der Waals surface area contributed by atoms with Crippen LogP contribution in [0.5, 0.6) is 10.9 Å². The minimum atomic E-state index is -0.506. The fraction of sp³-hybridized carbons (Fsp3) is 0.357. The predicted molar refractivity (Wildman–Crippen MR) is 144 cm³/mol. The van der Waals surface area contributed by atoms with Gasteiger partial charge >= 0.3 is 0 Å². The molecular weight excluding hydrogens is 523 g/mol. The summed E-state index contributed by atoms with van der Waals surface area (Å²) in [7, 11) is 1.45. The van der Waals surface area contributed by atoms with Gasteiger partial charge in [0.1, 0.15) is 23.4 Å². The number of ether oxygens (including phenoxy) is 4. The number of halogens is 1. The molecule has 3 aromatic rings. The fourth-order valence-electron chi connectivity index (χ4n) is 4.27. The van der Waals surface area contributed by atoms with Crippen LogP contribution in [0.15, 0.2) is 54.4 Å². The highest BCUT2D eigenvalue weighted by Crippen LogP contribution is 2.35. The number of methoxy groups -OCH3 is 1. The number of aryl methyl sites for hydroxylation is 1. The van der Waals surface area contributed by atoms with Gasteiger partial charge in [-0.3, -0.25) is 15.1 Å². The Kier molecular flexibility index (Phi) is 8.18. The van der Waals surface area contributed by atoms with Crippen molar-refractivity contribution in [1.29, 1.82) is 0 Å². The maximum Gasteiger partial charge on any atom is 0.295 e. The fourth-order valence-corrected chi connectivity index (χ4v) is 4.87. The molecule has 0 bridgehead atoms. The quantitative estimate of drug-likeness (QED) is 0.386. The Morgan fingerprint density at radius 2 is 2.13 bits per heavy atom. The number of nitrogens with one attached hydrogen (secondary N) is 1. The maximum atomic E-state index is 14.8. The third-order valence-corrected chi connectivity index (χ3v) is 7.37. The van der Waals surface area contributed by atoms with E-state index in [0.29, 0.717) is 47.9 Å². The number of aromatic nitrogens is 3. The molecule has 11 heteroatoms. The minimum Gasteiger partial charge on any atom is -0.496 e. The number of rotatable bonds is 9. The molecule has 1 N–H and O–H groups in total. The van der Waals surface area contributed by atoms with E-state index in [1.165, 1.54) is 19.4 Å². The number of anilines is 1. The Hall–Kier alpha value is -3.83. The zero-order valence-corrected chi connectivity index (χ0v) is 22.7. The van der Waals surface area contributed by atoms with Gasteiger partial charge in [0, 0.05) is 23.4 Å². The lowest BCUT2D eigenvalue weighted by Gasteiger charge is -2.27. The molecule has 5 rings (SSSR count). The maximum absolute atomic E-state index is 14.8. The number of hydrogen-bond acceptors (Lipinski definition) is 9. The lowest BCUT2D eigenvalue weighted by Crippen LogP contribution is -2.35. The molecule has 1 aliphatic carbocycles. The van der Waals surface area contributed by atoms with Gasteiger partial charge in [-0.2, -0.15) is 0 Å². The number of pyridine rings is 1. The van der Waals surface area contributed by atoms with E-state index in [9.17, 15) is 9.18 Å². The van der Waals surface area contributed by atoms with Gasteiger partial charge < -0.3 is 18.9 Å². The Labute approximate surface area is 229 Å². The Morgan fingerprint density at radius 1 is 1.28 bits per heavy atom. The first-order chi connectivity index (χ1) is 18.9. The topological polar surface area (TPSA) is 105 Å². The predicted octanol–water partition coefficient (Wildman–Crippen LogP) is 5.20. The summed E-state index contributed by atoms with van der Waals surface area (Å²) in [6, 6.07) is 6.16. The molecule has 0 radical (unpaired) electrons. The second kappa shape index (κ2) is 11.9. The summed E-state index contributed by atoms with van der Waals surface area (Å²) >= 11 is 1.11. The zero-order chi connectivity index (χ0) is 27.4. The van der Waals surface area contributed by atoms with Gasteiger partial charge in [-0.25, -0.2) is 4.39 Å². The van der Waals surface area contributed by atoms with E-state index < -0.39 is 11.7 Å². The van der Waals surface area contributed by atoms with Crippen LogP contribution in [0.25, 0.3) is 11.1 Å². The van der Waals surface area contributed by atoms with Gasteiger partial charge in [-0.05, 0) is 61.0 Å². The van der Waals surface area contributed by atoms with Crippen LogP contribution in [0.3, 0.4) is 0 Å². The second-order valence-electron chi connectivity index (χ2n) is 9.45. The Bertz CT molecular complexity index is 1400. The summed E-state index contributed by atoms with van der Waals surface area (Å²) in [5, 5.41) is 11.4. The van der Waals surface area contributed by atoms with Gasteiger partial charge in [-0.15, -0.1) is 5.10 Å². The van der Waals surface area contributed by atoms with Crippen molar-refractivity contribution in [2.75, 3.05) is 32.2 Å². The molecule has 1 saturated heterocycles. The first kappa shape index (κ1) is 26.8. The molecule has 1 aliphatic heterocycles. The normalized spacial score (nSPS) is 19.0. The van der Waals surface area contributed by atoms with E-state index in [0.717, 1.165) is 23.5 Å². The number of benzene rings is 1.